The molecule has 3 fully saturated rings. The summed E-state index contributed by atoms with van der Waals surface area (Å²) in [6, 6.07) is 5.27. The average molecular weight is 903 g/mol. The van der Waals surface area contributed by atoms with E-state index in [0.29, 0.717) is 59.3 Å². The Hall–Kier alpha value is -5.44. The summed E-state index contributed by atoms with van der Waals surface area (Å²) in [7, 11) is 0. The van der Waals surface area contributed by atoms with E-state index in [1.807, 2.05) is 17.0 Å². The first kappa shape index (κ1) is 51.2. The molecule has 9 heterocycles. The number of anilines is 2. The normalized spacial score (nSPS) is 15.7. The Labute approximate surface area is 384 Å². The summed E-state index contributed by atoms with van der Waals surface area (Å²) in [6.45, 7) is 9.08. The predicted octanol–water partition coefficient (Wildman–Crippen LogP) is -0.627. The second-order valence-electron chi connectivity index (χ2n) is 14.5. The van der Waals surface area contributed by atoms with Gasteiger partial charge in [-0.1, -0.05) is 11.6 Å². The zero-order valence-corrected chi connectivity index (χ0v) is 36.7. The van der Waals surface area contributed by atoms with Gasteiger partial charge in [-0.15, -0.1) is 0 Å². The van der Waals surface area contributed by atoms with Crippen LogP contribution in [0.4, 0.5) is 11.6 Å². The van der Waals surface area contributed by atoms with Gasteiger partial charge in [-0.3, -0.25) is 0 Å². The number of carboxylic acid groups (broad SMARTS) is 1. The number of aromatic carboxylic acids is 1. The molecule has 0 spiro atoms. The van der Waals surface area contributed by atoms with E-state index in [1.165, 1.54) is 27.6 Å². The SMILES string of the molecule is CCOC(=O)c1cnn2ccc(Cl)nc12.CCOC(=O)c1cnn2ccc(N3CCC(O)CC3)nc12.O=C(O)c1cnn2ccc(N3CCC(O)CC3)nc12.OC1CCNCC1.[Li+].[OH-]. The number of fused-ring (bicyclic) bond motifs is 3. The summed E-state index contributed by atoms with van der Waals surface area (Å²) in [5.41, 5.74) is 2.03. The Bertz CT molecular complexity index is 2430. The largest absolute Gasteiger partial charge is 1.00 e. The quantitative estimate of drug-likeness (QED) is 0.0757. The Morgan fingerprint density at radius 1 is 0.641 bits per heavy atom. The van der Waals surface area contributed by atoms with Crippen LogP contribution in [-0.2, 0) is 9.47 Å². The maximum atomic E-state index is 11.9. The summed E-state index contributed by atoms with van der Waals surface area (Å²) in [5.74, 6) is -0.370. The fraction of sp³-hybridized carbons (Fsp3) is 0.475. The molecule has 3 aliphatic rings. The van der Waals surface area contributed by atoms with Crippen LogP contribution in [0.1, 0.15) is 83.4 Å². The molecule has 24 heteroatoms. The molecule has 0 unspecified atom stereocenters. The Morgan fingerprint density at radius 3 is 1.41 bits per heavy atom. The molecule has 0 atom stereocenters. The van der Waals surface area contributed by atoms with Gasteiger partial charge >= 0.3 is 36.8 Å². The average Bonchev–Trinajstić information content (AvgIpc) is 4.02. The molecule has 22 nitrogen and oxygen atoms in total. The first-order chi connectivity index (χ1) is 29.9. The van der Waals surface area contributed by atoms with Crippen molar-refractivity contribution < 1.29 is 68.6 Å². The van der Waals surface area contributed by atoms with E-state index in [2.05, 4.69) is 40.5 Å². The fourth-order valence-electron chi connectivity index (χ4n) is 6.77. The van der Waals surface area contributed by atoms with Gasteiger partial charge in [-0.05, 0) is 83.7 Å². The van der Waals surface area contributed by atoms with E-state index in [-0.39, 0.29) is 48.2 Å². The van der Waals surface area contributed by atoms with Crippen LogP contribution in [0, 0.1) is 0 Å². The Kier molecular flexibility index (Phi) is 19.7. The van der Waals surface area contributed by atoms with Gasteiger partial charge in [-0.25, -0.2) is 42.9 Å². The molecular formula is C40H52ClLiN12O10. The maximum absolute atomic E-state index is 11.9. The van der Waals surface area contributed by atoms with Crippen LogP contribution in [0.25, 0.3) is 16.9 Å². The molecule has 3 aliphatic heterocycles. The summed E-state index contributed by atoms with van der Waals surface area (Å²) < 4.78 is 14.4. The molecule has 6 N–H and O–H groups in total. The summed E-state index contributed by atoms with van der Waals surface area (Å²) >= 11 is 5.72. The minimum atomic E-state index is -1.03. The predicted molar refractivity (Wildman–Crippen MR) is 228 cm³/mol. The number of rotatable bonds is 7. The number of nitrogens with one attached hydrogen (secondary N) is 1. The van der Waals surface area contributed by atoms with Gasteiger partial charge in [0.25, 0.3) is 0 Å². The number of aliphatic hydroxyl groups excluding tert-OH is 3. The van der Waals surface area contributed by atoms with Crippen molar-refractivity contribution in [3.63, 3.8) is 0 Å². The standard InChI is InChI=1S/C14H18N4O3.C12H14N4O3.C9H8ClN3O2.C5H11NO.Li.H2O/c1-2-21-14(20)11-9-15-18-8-5-12(16-13(11)18)17-6-3-10(19)4-7-17;17-8-1-4-15(5-2-8)10-3-6-16-11(14-10)9(7-13-16)12(18)19;1-2-15-9(14)6-5-11-13-4-3-7(10)12-8(6)13;7-5-1-3-6-4-2-5;;/h5,8-10,19H,2-4,6-7H2,1H3;3,6-8,17H,1-2,4-5H2,(H,18,19);3-5H,2H2,1H3;5-7H,1-4H2;;1H2/q;;;;+1;/p-1. The van der Waals surface area contributed by atoms with E-state index in [4.69, 9.17) is 31.3 Å². The smallest absolute Gasteiger partial charge is 0.870 e. The molecule has 9 rings (SSSR count). The molecule has 6 aromatic heterocycles. The minimum Gasteiger partial charge on any atom is -0.870 e. The summed E-state index contributed by atoms with van der Waals surface area (Å²) in [5, 5.41) is 52.5. The molecule has 0 aromatic carbocycles. The van der Waals surface area contributed by atoms with E-state index in [0.717, 1.165) is 76.6 Å². The van der Waals surface area contributed by atoms with Crippen molar-refractivity contribution in [1.29, 1.82) is 0 Å². The Balaban J connectivity index is 0.000000194. The van der Waals surface area contributed by atoms with Gasteiger partial charge in [0.2, 0.25) is 0 Å². The molecule has 6 aromatic rings. The monoisotopic (exact) mass is 902 g/mol. The third-order valence-corrected chi connectivity index (χ3v) is 10.4. The van der Waals surface area contributed by atoms with Crippen LogP contribution in [0.3, 0.4) is 0 Å². The van der Waals surface area contributed by atoms with Gasteiger partial charge in [0.1, 0.15) is 33.5 Å². The first-order valence-electron chi connectivity index (χ1n) is 20.5. The van der Waals surface area contributed by atoms with E-state index < -0.39 is 17.9 Å². The molecule has 0 bridgehead atoms. The molecule has 64 heavy (non-hydrogen) atoms. The first-order valence-corrected chi connectivity index (χ1v) is 20.8. The van der Waals surface area contributed by atoms with Gasteiger partial charge in [0, 0.05) is 44.8 Å². The summed E-state index contributed by atoms with van der Waals surface area (Å²) in [4.78, 5) is 51.5. The molecule has 0 saturated carbocycles. The zero-order chi connectivity index (χ0) is 44.2. The number of ether oxygens (including phenoxy) is 2. The van der Waals surface area contributed by atoms with Crippen molar-refractivity contribution in [2.75, 3.05) is 62.3 Å². The van der Waals surface area contributed by atoms with Crippen LogP contribution in [0.5, 0.6) is 0 Å². The molecule has 340 valence electrons. The number of piperidine rings is 3. The van der Waals surface area contributed by atoms with Crippen LogP contribution >= 0.6 is 11.6 Å². The van der Waals surface area contributed by atoms with Gasteiger partial charge in [0.15, 0.2) is 16.9 Å². The molecule has 3 saturated heterocycles. The molecule has 0 aliphatic carbocycles. The third-order valence-electron chi connectivity index (χ3n) is 10.2. The van der Waals surface area contributed by atoms with Crippen molar-refractivity contribution in [2.45, 2.75) is 70.7 Å². The number of carbonyl (C=O) groups is 3. The van der Waals surface area contributed by atoms with Gasteiger partial charge in [0.05, 0.1) is 50.1 Å². The Morgan fingerprint density at radius 2 is 1.02 bits per heavy atom. The van der Waals surface area contributed by atoms with Crippen molar-refractivity contribution >= 4 is 58.1 Å². The third kappa shape index (κ3) is 13.3. The molecule has 0 amide bonds. The second kappa shape index (κ2) is 24.6. The van der Waals surface area contributed by atoms with Gasteiger partial charge < -0.3 is 50.5 Å². The van der Waals surface area contributed by atoms with Crippen LogP contribution in [0.15, 0.2) is 55.4 Å². The number of carboxylic acids is 1. The number of hydrogen-bond donors (Lipinski definition) is 5. The number of nitrogens with zero attached hydrogens (tertiary/aromatic N) is 11. The fourth-order valence-corrected chi connectivity index (χ4v) is 6.91. The molecular weight excluding hydrogens is 851 g/mol. The van der Waals surface area contributed by atoms with Crippen molar-refractivity contribution in [2.24, 2.45) is 0 Å². The van der Waals surface area contributed by atoms with Gasteiger partial charge in [-0.2, -0.15) is 15.3 Å². The van der Waals surface area contributed by atoms with E-state index in [9.17, 15) is 24.6 Å². The summed E-state index contributed by atoms with van der Waals surface area (Å²) in [6.07, 6.45) is 13.5. The number of aromatic nitrogens is 9. The van der Waals surface area contributed by atoms with Crippen molar-refractivity contribution in [3.8, 4) is 0 Å². The number of hydrogen-bond acceptors (Lipinski definition) is 18. The van der Waals surface area contributed by atoms with Crippen molar-refractivity contribution in [3.05, 3.63) is 77.2 Å². The van der Waals surface area contributed by atoms with Crippen LogP contribution < -0.4 is 34.0 Å². The minimum absolute atomic E-state index is 0. The topological polar surface area (TPSA) is 290 Å². The number of carbonyl (C=O) groups excluding carboxylic acids is 2. The van der Waals surface area contributed by atoms with Crippen LogP contribution in [-0.4, -0.2) is 158 Å². The second-order valence-corrected chi connectivity index (χ2v) is 14.9. The van der Waals surface area contributed by atoms with Crippen molar-refractivity contribution in [1.82, 2.24) is 49.1 Å². The zero-order valence-electron chi connectivity index (χ0n) is 35.9. The van der Waals surface area contributed by atoms with Crippen LogP contribution in [0.2, 0.25) is 5.15 Å². The van der Waals surface area contributed by atoms with E-state index >= 15 is 0 Å². The molecule has 0 radical (unpaired) electrons. The maximum Gasteiger partial charge on any atom is 1.00 e. The number of halogens is 1. The number of esters is 2. The number of aliphatic hydroxyl groups is 3. The van der Waals surface area contributed by atoms with E-state index in [1.54, 1.807) is 43.0 Å².